The van der Waals surface area contributed by atoms with Crippen LogP contribution in [0.25, 0.3) is 0 Å². The molecule has 6 heteroatoms. The average Bonchev–Trinajstić information content (AvgIpc) is 2.32. The van der Waals surface area contributed by atoms with Crippen LogP contribution in [0.2, 0.25) is 0 Å². The molecule has 0 aliphatic carbocycles. The number of ether oxygens (including phenoxy) is 1. The molecule has 0 spiro atoms. The Bertz CT molecular complexity index is 524. The lowest BCUT2D eigenvalue weighted by Gasteiger charge is -2.23. The van der Waals surface area contributed by atoms with Gasteiger partial charge in [-0.1, -0.05) is 6.58 Å². The fourth-order valence-electron chi connectivity index (χ4n) is 1.24. The lowest BCUT2D eigenvalue weighted by molar-refractivity contribution is -0.130. The van der Waals surface area contributed by atoms with Crippen molar-refractivity contribution in [2.75, 3.05) is 11.1 Å². The van der Waals surface area contributed by atoms with Crippen molar-refractivity contribution in [1.82, 2.24) is 0 Å². The number of rotatable bonds is 5. The van der Waals surface area contributed by atoms with E-state index in [9.17, 15) is 9.59 Å². The van der Waals surface area contributed by atoms with Crippen molar-refractivity contribution < 1.29 is 14.3 Å². The molecule has 0 fully saturated rings. The van der Waals surface area contributed by atoms with Crippen LogP contribution in [0.15, 0.2) is 30.9 Å². The summed E-state index contributed by atoms with van der Waals surface area (Å²) in [4.78, 5) is 22.4. The Morgan fingerprint density at radius 3 is 2.58 bits per heavy atom. The van der Waals surface area contributed by atoms with Crippen molar-refractivity contribution in [2.45, 2.75) is 19.4 Å². The second-order valence-corrected chi connectivity index (χ2v) is 4.42. The first-order valence-corrected chi connectivity index (χ1v) is 5.58. The largest absolute Gasteiger partial charge is 0.478 e. The number of anilines is 2. The Morgan fingerprint density at radius 2 is 2.05 bits per heavy atom. The van der Waals surface area contributed by atoms with E-state index in [1.54, 1.807) is 26.0 Å². The van der Waals surface area contributed by atoms with E-state index >= 15 is 0 Å². The molecule has 1 aromatic rings. The predicted molar refractivity (Wildman–Crippen MR) is 73.6 cm³/mol. The van der Waals surface area contributed by atoms with E-state index in [2.05, 4.69) is 11.9 Å². The highest BCUT2D eigenvalue weighted by Gasteiger charge is 2.27. The van der Waals surface area contributed by atoms with Crippen molar-refractivity contribution in [3.63, 3.8) is 0 Å². The van der Waals surface area contributed by atoms with Gasteiger partial charge in [-0.2, -0.15) is 0 Å². The number of benzene rings is 1. The molecule has 2 amide bonds. The summed E-state index contributed by atoms with van der Waals surface area (Å²) < 4.78 is 5.47. The Balaban J connectivity index is 2.99. The van der Waals surface area contributed by atoms with Crippen molar-refractivity contribution in [1.29, 1.82) is 0 Å². The Hall–Kier alpha value is -2.50. The number of hydrogen-bond acceptors (Lipinski definition) is 4. The lowest BCUT2D eigenvalue weighted by Crippen LogP contribution is -2.43. The molecule has 6 nitrogen and oxygen atoms in total. The minimum Gasteiger partial charge on any atom is -0.478 e. The molecule has 0 radical (unpaired) electrons. The maximum atomic E-state index is 11.2. The molecule has 0 heterocycles. The number of primary amides is 1. The minimum absolute atomic E-state index is 0.373. The zero-order valence-corrected chi connectivity index (χ0v) is 10.9. The van der Waals surface area contributed by atoms with Gasteiger partial charge in [0.1, 0.15) is 5.75 Å². The van der Waals surface area contributed by atoms with Crippen LogP contribution in [0.4, 0.5) is 11.4 Å². The van der Waals surface area contributed by atoms with Crippen LogP contribution in [-0.4, -0.2) is 17.4 Å². The van der Waals surface area contributed by atoms with Crippen molar-refractivity contribution >= 4 is 23.2 Å². The van der Waals surface area contributed by atoms with Gasteiger partial charge in [-0.15, -0.1) is 0 Å². The van der Waals surface area contributed by atoms with Gasteiger partial charge in [0.05, 0.1) is 11.4 Å². The van der Waals surface area contributed by atoms with Gasteiger partial charge >= 0.3 is 0 Å². The molecule has 19 heavy (non-hydrogen) atoms. The highest BCUT2D eigenvalue weighted by molar-refractivity contribution is 6.01. The number of nitrogen functional groups attached to an aromatic ring is 1. The quantitative estimate of drug-likeness (QED) is 0.544. The summed E-state index contributed by atoms with van der Waals surface area (Å²) in [6.07, 6.45) is 1.13. The lowest BCUT2D eigenvalue weighted by atomic mass is 10.1. The van der Waals surface area contributed by atoms with Crippen LogP contribution in [0, 0.1) is 0 Å². The van der Waals surface area contributed by atoms with E-state index in [1.165, 1.54) is 6.07 Å². The fraction of sp³-hybridized carbons (Fsp3) is 0.231. The summed E-state index contributed by atoms with van der Waals surface area (Å²) in [5, 5.41) is 2.54. The van der Waals surface area contributed by atoms with Crippen LogP contribution in [0.1, 0.15) is 13.8 Å². The first-order valence-electron chi connectivity index (χ1n) is 5.58. The minimum atomic E-state index is -1.16. The molecular formula is C13H17N3O3. The first-order chi connectivity index (χ1) is 8.76. The van der Waals surface area contributed by atoms with Crippen LogP contribution in [0.3, 0.4) is 0 Å². The molecule has 0 aliphatic rings. The first kappa shape index (κ1) is 14.6. The smallest absolute Gasteiger partial charge is 0.261 e. The zero-order chi connectivity index (χ0) is 14.6. The zero-order valence-electron chi connectivity index (χ0n) is 10.9. The van der Waals surface area contributed by atoms with E-state index in [-0.39, 0.29) is 0 Å². The van der Waals surface area contributed by atoms with E-state index in [4.69, 9.17) is 16.2 Å². The highest BCUT2D eigenvalue weighted by atomic mass is 16.5. The summed E-state index contributed by atoms with van der Waals surface area (Å²) in [6, 6.07) is 4.66. The highest BCUT2D eigenvalue weighted by Crippen LogP contribution is 2.27. The van der Waals surface area contributed by atoms with E-state index in [0.717, 1.165) is 6.08 Å². The standard InChI is InChI=1S/C13H17N3O3/c1-4-11(17)16-10-7-8(5-6-9(10)14)19-13(2,3)12(15)18/h4-7H,1,14H2,2-3H3,(H2,15,18)(H,16,17). The molecular weight excluding hydrogens is 246 g/mol. The Kier molecular flexibility index (Phi) is 4.16. The van der Waals surface area contributed by atoms with E-state index in [1.807, 2.05) is 0 Å². The van der Waals surface area contributed by atoms with Crippen LogP contribution < -0.4 is 21.5 Å². The summed E-state index contributed by atoms with van der Waals surface area (Å²) in [5.74, 6) is -0.614. The monoisotopic (exact) mass is 263 g/mol. The maximum Gasteiger partial charge on any atom is 0.261 e. The summed E-state index contributed by atoms with van der Waals surface area (Å²) >= 11 is 0. The number of amides is 2. The third-order valence-corrected chi connectivity index (χ3v) is 2.43. The van der Waals surface area contributed by atoms with E-state index in [0.29, 0.717) is 17.1 Å². The topological polar surface area (TPSA) is 107 Å². The molecule has 1 aromatic carbocycles. The number of hydrogen-bond donors (Lipinski definition) is 3. The summed E-state index contributed by atoms with van der Waals surface area (Å²) in [7, 11) is 0. The number of carbonyl (C=O) groups excluding carboxylic acids is 2. The molecule has 0 atom stereocenters. The van der Waals surface area contributed by atoms with Gasteiger partial charge in [-0.3, -0.25) is 9.59 Å². The summed E-state index contributed by atoms with van der Waals surface area (Å²) in [5.41, 5.74) is 10.5. The molecule has 0 saturated carbocycles. The molecule has 1 rings (SSSR count). The predicted octanol–water partition coefficient (Wildman–Crippen LogP) is 1.04. The van der Waals surface area contributed by atoms with Crippen molar-refractivity contribution in [3.8, 4) is 5.75 Å². The fourth-order valence-corrected chi connectivity index (χ4v) is 1.24. The maximum absolute atomic E-state index is 11.2. The van der Waals surface area contributed by atoms with Gasteiger partial charge in [0.2, 0.25) is 5.91 Å². The molecule has 5 N–H and O–H groups in total. The van der Waals surface area contributed by atoms with Crippen LogP contribution in [0.5, 0.6) is 5.75 Å². The Morgan fingerprint density at radius 1 is 1.42 bits per heavy atom. The molecule has 0 bridgehead atoms. The average molecular weight is 263 g/mol. The Labute approximate surface area is 111 Å². The molecule has 0 aliphatic heterocycles. The number of nitrogens with two attached hydrogens (primary N) is 2. The van der Waals surface area contributed by atoms with Gasteiger partial charge < -0.3 is 21.5 Å². The number of nitrogens with one attached hydrogen (secondary N) is 1. The normalized spacial score (nSPS) is 10.6. The second kappa shape index (κ2) is 5.43. The third-order valence-electron chi connectivity index (χ3n) is 2.43. The van der Waals surface area contributed by atoms with E-state index < -0.39 is 17.4 Å². The number of carbonyl (C=O) groups is 2. The van der Waals surface area contributed by atoms with Crippen LogP contribution >= 0.6 is 0 Å². The molecule has 0 saturated heterocycles. The van der Waals surface area contributed by atoms with Gasteiger partial charge in [-0.25, -0.2) is 0 Å². The van der Waals surface area contributed by atoms with Crippen molar-refractivity contribution in [2.24, 2.45) is 5.73 Å². The van der Waals surface area contributed by atoms with Crippen molar-refractivity contribution in [3.05, 3.63) is 30.9 Å². The molecule has 0 aromatic heterocycles. The van der Waals surface area contributed by atoms with Crippen LogP contribution in [-0.2, 0) is 9.59 Å². The molecule has 0 unspecified atom stereocenters. The SMILES string of the molecule is C=CC(=O)Nc1cc(OC(C)(C)C(N)=O)ccc1N. The van der Waals surface area contributed by atoms with Gasteiger partial charge in [0.15, 0.2) is 5.60 Å². The van der Waals surface area contributed by atoms with Gasteiger partial charge in [0, 0.05) is 6.07 Å². The summed E-state index contributed by atoms with van der Waals surface area (Å²) in [6.45, 7) is 6.44. The molecule has 102 valence electrons. The third kappa shape index (κ3) is 3.74. The van der Waals surface area contributed by atoms with Gasteiger partial charge in [-0.05, 0) is 32.1 Å². The van der Waals surface area contributed by atoms with Gasteiger partial charge in [0.25, 0.3) is 5.91 Å². The second-order valence-electron chi connectivity index (χ2n) is 4.42.